The monoisotopic (exact) mass is 359 g/mol. The Hall–Kier alpha value is -1.21. The highest BCUT2D eigenvalue weighted by atomic mass is 79.9. The summed E-state index contributed by atoms with van der Waals surface area (Å²) in [7, 11) is 1.88. The first-order chi connectivity index (χ1) is 10.0. The van der Waals surface area contributed by atoms with Crippen LogP contribution in [0.1, 0.15) is 25.7 Å². The number of anilines is 1. The van der Waals surface area contributed by atoms with Crippen LogP contribution in [0, 0.1) is 15.9 Å². The molecule has 116 valence electrons. The molecule has 1 N–H and O–H groups in total. The minimum Gasteiger partial charge on any atom is -0.363 e. The van der Waals surface area contributed by atoms with Crippen LogP contribution in [0.15, 0.2) is 16.6 Å². The normalized spacial score (nSPS) is 18.8. The molecule has 1 unspecified atom stereocenters. The Labute approximate surface area is 131 Å². The lowest BCUT2D eigenvalue weighted by atomic mass is 9.98. The molecule has 1 atom stereocenters. The van der Waals surface area contributed by atoms with Gasteiger partial charge in [-0.15, -0.1) is 0 Å². The number of nitrogens with zero attached hydrogens (tertiary/aromatic N) is 2. The molecule has 1 heterocycles. The molecule has 0 spiro atoms. The summed E-state index contributed by atoms with van der Waals surface area (Å²) in [6.07, 6.45) is 3.96. The minimum atomic E-state index is -0.464. The molecule has 1 aromatic rings. The van der Waals surface area contributed by atoms with Crippen molar-refractivity contribution in [3.63, 3.8) is 0 Å². The van der Waals surface area contributed by atoms with Gasteiger partial charge in [-0.05, 0) is 55.2 Å². The SMILES string of the molecule is CNCCC1CCCCN1c1cc(F)c(Br)cc1[N+](=O)[O-]. The van der Waals surface area contributed by atoms with Gasteiger partial charge in [0.1, 0.15) is 11.5 Å². The van der Waals surface area contributed by atoms with E-state index in [-0.39, 0.29) is 16.2 Å². The van der Waals surface area contributed by atoms with Crippen LogP contribution in [0.25, 0.3) is 0 Å². The van der Waals surface area contributed by atoms with Crippen molar-refractivity contribution in [3.05, 3.63) is 32.5 Å². The Balaban J connectivity index is 2.37. The van der Waals surface area contributed by atoms with Crippen molar-refractivity contribution in [2.24, 2.45) is 0 Å². The second-order valence-corrected chi connectivity index (χ2v) is 6.10. The fraction of sp³-hybridized carbons (Fsp3) is 0.571. The van der Waals surface area contributed by atoms with Crippen molar-refractivity contribution >= 4 is 27.3 Å². The number of nitro benzene ring substituents is 1. The highest BCUT2D eigenvalue weighted by Gasteiger charge is 2.29. The first-order valence-electron chi connectivity index (χ1n) is 7.09. The molecule has 0 saturated carbocycles. The van der Waals surface area contributed by atoms with Gasteiger partial charge in [0.05, 0.1) is 9.40 Å². The van der Waals surface area contributed by atoms with Crippen LogP contribution >= 0.6 is 15.9 Å². The van der Waals surface area contributed by atoms with Gasteiger partial charge in [-0.1, -0.05) is 0 Å². The lowest BCUT2D eigenvalue weighted by molar-refractivity contribution is -0.384. The smallest absolute Gasteiger partial charge is 0.293 e. The predicted molar refractivity (Wildman–Crippen MR) is 84.3 cm³/mol. The number of hydrogen-bond donors (Lipinski definition) is 1. The van der Waals surface area contributed by atoms with E-state index in [1.807, 2.05) is 11.9 Å². The number of nitrogens with one attached hydrogen (secondary N) is 1. The first-order valence-corrected chi connectivity index (χ1v) is 7.88. The van der Waals surface area contributed by atoms with Gasteiger partial charge in [-0.2, -0.15) is 0 Å². The molecule has 1 aromatic carbocycles. The topological polar surface area (TPSA) is 58.4 Å². The first kappa shape index (κ1) is 16.2. The van der Waals surface area contributed by atoms with Crippen LogP contribution in [0.2, 0.25) is 0 Å². The van der Waals surface area contributed by atoms with Crippen molar-refractivity contribution in [2.45, 2.75) is 31.7 Å². The highest BCUT2D eigenvalue weighted by Crippen LogP contribution is 2.37. The van der Waals surface area contributed by atoms with E-state index in [2.05, 4.69) is 21.2 Å². The predicted octanol–water partition coefficient (Wildman–Crippen LogP) is 3.46. The zero-order valence-electron chi connectivity index (χ0n) is 11.9. The molecule has 2 rings (SSSR count). The second-order valence-electron chi connectivity index (χ2n) is 5.25. The van der Waals surface area contributed by atoms with Crippen LogP contribution < -0.4 is 10.2 Å². The Morgan fingerprint density at radius 1 is 1.52 bits per heavy atom. The molecule has 0 amide bonds. The van der Waals surface area contributed by atoms with Crippen molar-refractivity contribution in [1.29, 1.82) is 0 Å². The van der Waals surface area contributed by atoms with Gasteiger partial charge < -0.3 is 10.2 Å². The van der Waals surface area contributed by atoms with E-state index in [1.54, 1.807) is 0 Å². The molecule has 5 nitrogen and oxygen atoms in total. The van der Waals surface area contributed by atoms with Crippen molar-refractivity contribution in [3.8, 4) is 0 Å². The summed E-state index contributed by atoms with van der Waals surface area (Å²) in [4.78, 5) is 12.8. The average molecular weight is 360 g/mol. The molecule has 0 aromatic heterocycles. The Morgan fingerprint density at radius 3 is 2.95 bits per heavy atom. The van der Waals surface area contributed by atoms with Gasteiger partial charge in [0.25, 0.3) is 5.69 Å². The van der Waals surface area contributed by atoms with Crippen LogP contribution in [0.4, 0.5) is 15.8 Å². The Morgan fingerprint density at radius 2 is 2.29 bits per heavy atom. The zero-order valence-corrected chi connectivity index (χ0v) is 13.5. The van der Waals surface area contributed by atoms with E-state index in [0.29, 0.717) is 5.69 Å². The fourth-order valence-electron chi connectivity index (χ4n) is 2.83. The molecule has 0 aliphatic carbocycles. The maximum atomic E-state index is 13.8. The molecular formula is C14H19BrFN3O2. The Bertz CT molecular complexity index is 527. The van der Waals surface area contributed by atoms with E-state index >= 15 is 0 Å². The van der Waals surface area contributed by atoms with E-state index < -0.39 is 10.7 Å². The third-order valence-corrected chi connectivity index (χ3v) is 4.49. The van der Waals surface area contributed by atoms with Gasteiger partial charge >= 0.3 is 0 Å². The molecule has 1 aliphatic heterocycles. The van der Waals surface area contributed by atoms with Crippen LogP contribution in [-0.2, 0) is 0 Å². The third kappa shape index (κ3) is 3.71. The number of benzene rings is 1. The second kappa shape index (κ2) is 7.17. The molecule has 0 bridgehead atoms. The summed E-state index contributed by atoms with van der Waals surface area (Å²) >= 11 is 3.02. The maximum absolute atomic E-state index is 13.8. The number of rotatable bonds is 5. The number of piperidine rings is 1. The molecule has 7 heteroatoms. The number of nitro groups is 1. The molecular weight excluding hydrogens is 341 g/mol. The minimum absolute atomic E-state index is 0.0420. The molecule has 0 radical (unpaired) electrons. The molecule has 1 aliphatic rings. The fourth-order valence-corrected chi connectivity index (χ4v) is 3.16. The molecule has 21 heavy (non-hydrogen) atoms. The van der Waals surface area contributed by atoms with Crippen molar-refractivity contribution < 1.29 is 9.31 Å². The molecule has 1 saturated heterocycles. The van der Waals surface area contributed by atoms with E-state index in [0.717, 1.165) is 38.8 Å². The summed E-state index contributed by atoms with van der Waals surface area (Å²) in [5, 5.41) is 14.4. The highest BCUT2D eigenvalue weighted by molar-refractivity contribution is 9.10. The third-order valence-electron chi connectivity index (χ3n) is 3.88. The summed E-state index contributed by atoms with van der Waals surface area (Å²) in [5.41, 5.74) is 0.348. The largest absolute Gasteiger partial charge is 0.363 e. The van der Waals surface area contributed by atoms with Crippen molar-refractivity contribution in [2.75, 3.05) is 25.0 Å². The van der Waals surface area contributed by atoms with E-state index in [1.165, 1.54) is 12.1 Å². The zero-order chi connectivity index (χ0) is 15.4. The number of halogens is 2. The Kier molecular flexibility index (Phi) is 5.52. The van der Waals surface area contributed by atoms with Gasteiger partial charge in [-0.25, -0.2) is 4.39 Å². The van der Waals surface area contributed by atoms with E-state index in [9.17, 15) is 14.5 Å². The quantitative estimate of drug-likeness (QED) is 0.645. The van der Waals surface area contributed by atoms with Crippen LogP contribution in [0.5, 0.6) is 0 Å². The van der Waals surface area contributed by atoms with Crippen LogP contribution in [0.3, 0.4) is 0 Å². The standard InChI is InChI=1S/C14H19BrFN3O2/c1-17-6-5-10-4-2-3-7-18(10)13-9-12(16)11(15)8-14(13)19(20)21/h8-10,17H,2-7H2,1H3. The summed E-state index contributed by atoms with van der Waals surface area (Å²) < 4.78 is 14.0. The van der Waals surface area contributed by atoms with E-state index in [4.69, 9.17) is 0 Å². The lowest BCUT2D eigenvalue weighted by Crippen LogP contribution is -2.41. The van der Waals surface area contributed by atoms with Crippen molar-refractivity contribution in [1.82, 2.24) is 5.32 Å². The average Bonchev–Trinajstić information content (AvgIpc) is 2.47. The summed E-state index contributed by atoms with van der Waals surface area (Å²) in [6.45, 7) is 1.57. The number of hydrogen-bond acceptors (Lipinski definition) is 4. The molecule has 1 fully saturated rings. The van der Waals surface area contributed by atoms with Gasteiger partial charge in [0, 0.05) is 24.7 Å². The lowest BCUT2D eigenvalue weighted by Gasteiger charge is -2.37. The van der Waals surface area contributed by atoms with Crippen LogP contribution in [-0.4, -0.2) is 31.1 Å². The van der Waals surface area contributed by atoms with Gasteiger partial charge in [-0.3, -0.25) is 10.1 Å². The summed E-state index contributed by atoms with van der Waals surface area (Å²) in [5.74, 6) is -0.464. The summed E-state index contributed by atoms with van der Waals surface area (Å²) in [6, 6.07) is 2.75. The van der Waals surface area contributed by atoms with Gasteiger partial charge in [0.15, 0.2) is 0 Å². The maximum Gasteiger partial charge on any atom is 0.293 e. The van der Waals surface area contributed by atoms with Gasteiger partial charge in [0.2, 0.25) is 0 Å².